The summed E-state index contributed by atoms with van der Waals surface area (Å²) in [6, 6.07) is 3.57. The molecule has 0 radical (unpaired) electrons. The highest BCUT2D eigenvalue weighted by Crippen LogP contribution is 2.45. The molecule has 1 aromatic heterocycles. The molecule has 0 aromatic carbocycles. The van der Waals surface area contributed by atoms with Crippen LogP contribution in [0.1, 0.15) is 16.8 Å². The van der Waals surface area contributed by atoms with Crippen molar-refractivity contribution in [2.75, 3.05) is 13.1 Å². The highest BCUT2D eigenvalue weighted by atomic mass is 16.2. The van der Waals surface area contributed by atoms with E-state index in [-0.39, 0.29) is 5.91 Å². The molecule has 1 saturated carbocycles. The maximum absolute atomic E-state index is 11.9. The van der Waals surface area contributed by atoms with Crippen LogP contribution in [0.5, 0.6) is 0 Å². The molecule has 1 amide bonds. The van der Waals surface area contributed by atoms with Crippen molar-refractivity contribution in [2.24, 2.45) is 11.8 Å². The lowest BCUT2D eigenvalue weighted by Crippen LogP contribution is -2.30. The minimum Gasteiger partial charge on any atom is -0.338 e. The number of hydrogen-bond donors (Lipinski definition) is 0. The van der Waals surface area contributed by atoms with Gasteiger partial charge in [-0.15, -0.1) is 0 Å². The topological polar surface area (TPSA) is 33.2 Å². The van der Waals surface area contributed by atoms with E-state index in [4.69, 9.17) is 0 Å². The highest BCUT2D eigenvalue weighted by molar-refractivity contribution is 5.94. The van der Waals surface area contributed by atoms with Crippen LogP contribution in [0.15, 0.2) is 24.5 Å². The average Bonchev–Trinajstić information content (AvgIpc) is 2.86. The molecule has 2 heterocycles. The summed E-state index contributed by atoms with van der Waals surface area (Å²) in [5, 5.41) is 0. The van der Waals surface area contributed by atoms with Crippen LogP contribution in [0.25, 0.3) is 0 Å². The molecule has 1 saturated heterocycles. The number of pyridine rings is 1. The summed E-state index contributed by atoms with van der Waals surface area (Å²) in [6.45, 7) is 1.93. The lowest BCUT2D eigenvalue weighted by Gasteiger charge is -2.17. The van der Waals surface area contributed by atoms with E-state index in [2.05, 4.69) is 4.98 Å². The van der Waals surface area contributed by atoms with Crippen molar-refractivity contribution in [1.82, 2.24) is 9.88 Å². The van der Waals surface area contributed by atoms with Gasteiger partial charge in [0, 0.05) is 31.0 Å². The Balaban J connectivity index is 1.77. The van der Waals surface area contributed by atoms with Crippen molar-refractivity contribution in [3.63, 3.8) is 0 Å². The molecule has 2 unspecified atom stereocenters. The molecule has 2 atom stereocenters. The number of nitrogens with zero attached hydrogens (tertiary/aromatic N) is 2. The number of rotatable bonds is 1. The van der Waals surface area contributed by atoms with Crippen LogP contribution in [0.4, 0.5) is 0 Å². The Bertz CT molecular complexity index is 353. The van der Waals surface area contributed by atoms with Gasteiger partial charge in [-0.1, -0.05) is 0 Å². The molecule has 3 rings (SSSR count). The zero-order valence-electron chi connectivity index (χ0n) is 7.89. The first-order valence-corrected chi connectivity index (χ1v) is 5.04. The van der Waals surface area contributed by atoms with Crippen LogP contribution in [0.3, 0.4) is 0 Å². The molecule has 14 heavy (non-hydrogen) atoms. The second kappa shape index (κ2) is 2.80. The third-order valence-electron chi connectivity index (χ3n) is 3.19. The maximum atomic E-state index is 11.9. The zero-order chi connectivity index (χ0) is 9.54. The van der Waals surface area contributed by atoms with Gasteiger partial charge in [-0.2, -0.15) is 0 Å². The molecular formula is C11H12N2O. The van der Waals surface area contributed by atoms with E-state index < -0.39 is 0 Å². The van der Waals surface area contributed by atoms with Gasteiger partial charge < -0.3 is 4.90 Å². The van der Waals surface area contributed by atoms with Crippen molar-refractivity contribution in [3.8, 4) is 0 Å². The quantitative estimate of drug-likeness (QED) is 0.663. The number of likely N-dealkylation sites (tertiary alicyclic amines) is 1. The lowest BCUT2D eigenvalue weighted by molar-refractivity contribution is 0.0775. The van der Waals surface area contributed by atoms with Gasteiger partial charge in [-0.25, -0.2) is 0 Å². The van der Waals surface area contributed by atoms with Gasteiger partial charge in [-0.05, 0) is 30.4 Å². The summed E-state index contributed by atoms with van der Waals surface area (Å²) in [5.74, 6) is 1.78. The second-order valence-corrected chi connectivity index (χ2v) is 4.20. The van der Waals surface area contributed by atoms with Gasteiger partial charge in [0.2, 0.25) is 0 Å². The molecule has 3 nitrogen and oxygen atoms in total. The average molecular weight is 188 g/mol. The molecule has 0 N–H and O–H groups in total. The first-order chi connectivity index (χ1) is 6.84. The molecule has 0 spiro atoms. The second-order valence-electron chi connectivity index (χ2n) is 4.20. The Hall–Kier alpha value is -1.38. The fourth-order valence-electron chi connectivity index (χ4n) is 2.24. The normalized spacial score (nSPS) is 28.7. The van der Waals surface area contributed by atoms with Gasteiger partial charge in [0.1, 0.15) is 0 Å². The molecule has 1 aromatic rings. The Morgan fingerprint density at radius 2 is 1.93 bits per heavy atom. The Morgan fingerprint density at radius 3 is 2.57 bits per heavy atom. The van der Waals surface area contributed by atoms with E-state index in [9.17, 15) is 4.79 Å². The Morgan fingerprint density at radius 1 is 1.29 bits per heavy atom. The molecule has 3 heteroatoms. The van der Waals surface area contributed by atoms with E-state index in [1.165, 1.54) is 6.42 Å². The number of amides is 1. The van der Waals surface area contributed by atoms with Crippen molar-refractivity contribution < 1.29 is 4.79 Å². The van der Waals surface area contributed by atoms with Gasteiger partial charge >= 0.3 is 0 Å². The molecule has 0 bridgehead atoms. The minimum absolute atomic E-state index is 0.166. The molecule has 1 aliphatic carbocycles. The van der Waals surface area contributed by atoms with Gasteiger partial charge in [-0.3, -0.25) is 9.78 Å². The van der Waals surface area contributed by atoms with Crippen molar-refractivity contribution >= 4 is 5.91 Å². The Kier molecular flexibility index (Phi) is 1.60. The van der Waals surface area contributed by atoms with Crippen LogP contribution in [0, 0.1) is 11.8 Å². The van der Waals surface area contributed by atoms with Crippen LogP contribution in [0.2, 0.25) is 0 Å². The van der Waals surface area contributed by atoms with Gasteiger partial charge in [0.15, 0.2) is 0 Å². The minimum atomic E-state index is 0.166. The summed E-state index contributed by atoms with van der Waals surface area (Å²) in [6.07, 6.45) is 4.67. The molecule has 2 aliphatic rings. The fourth-order valence-corrected chi connectivity index (χ4v) is 2.24. The third kappa shape index (κ3) is 1.20. The lowest BCUT2D eigenvalue weighted by atomic mass is 10.2. The van der Waals surface area contributed by atoms with Crippen LogP contribution in [-0.2, 0) is 0 Å². The highest BCUT2D eigenvalue weighted by Gasteiger charge is 2.46. The van der Waals surface area contributed by atoms with Gasteiger partial charge in [0.25, 0.3) is 5.91 Å². The first kappa shape index (κ1) is 7.97. The summed E-state index contributed by atoms with van der Waals surface area (Å²) in [7, 11) is 0. The molecule has 72 valence electrons. The van der Waals surface area contributed by atoms with Crippen LogP contribution >= 0.6 is 0 Å². The first-order valence-electron chi connectivity index (χ1n) is 5.04. The van der Waals surface area contributed by atoms with Crippen molar-refractivity contribution in [1.29, 1.82) is 0 Å². The van der Waals surface area contributed by atoms with E-state index >= 15 is 0 Å². The predicted octanol–water partition coefficient (Wildman–Crippen LogP) is 1.17. The number of carbonyl (C=O) groups excluding carboxylic acids is 1. The molecular weight excluding hydrogens is 176 g/mol. The zero-order valence-corrected chi connectivity index (χ0v) is 7.89. The number of hydrogen-bond acceptors (Lipinski definition) is 2. The summed E-state index contributed by atoms with van der Waals surface area (Å²) >= 11 is 0. The van der Waals surface area contributed by atoms with Crippen molar-refractivity contribution in [3.05, 3.63) is 30.1 Å². The fraction of sp³-hybridized carbons (Fsp3) is 0.455. The van der Waals surface area contributed by atoms with E-state index in [1.807, 2.05) is 4.90 Å². The number of aromatic nitrogens is 1. The summed E-state index contributed by atoms with van der Waals surface area (Å²) in [5.41, 5.74) is 0.765. The van der Waals surface area contributed by atoms with E-state index in [0.29, 0.717) is 0 Å². The maximum Gasteiger partial charge on any atom is 0.253 e. The molecule has 1 aliphatic heterocycles. The standard InChI is InChI=1S/C11H12N2O/c14-11(8-1-3-12-4-2-8)13-6-9-5-10(9)7-13/h1-4,9-10H,5-7H2. The van der Waals surface area contributed by atoms with Gasteiger partial charge in [0.05, 0.1) is 0 Å². The third-order valence-corrected chi connectivity index (χ3v) is 3.19. The van der Waals surface area contributed by atoms with Crippen LogP contribution in [-0.4, -0.2) is 28.9 Å². The largest absolute Gasteiger partial charge is 0.338 e. The van der Waals surface area contributed by atoms with Crippen molar-refractivity contribution in [2.45, 2.75) is 6.42 Å². The Labute approximate surface area is 82.8 Å². The monoisotopic (exact) mass is 188 g/mol. The number of piperidine rings is 1. The summed E-state index contributed by atoms with van der Waals surface area (Å²) in [4.78, 5) is 17.8. The number of carbonyl (C=O) groups is 1. The van der Waals surface area contributed by atoms with E-state index in [1.54, 1.807) is 24.5 Å². The predicted molar refractivity (Wildman–Crippen MR) is 51.7 cm³/mol. The summed E-state index contributed by atoms with van der Waals surface area (Å²) < 4.78 is 0. The SMILES string of the molecule is O=C(c1ccncc1)N1CC2CC2C1. The van der Waals surface area contributed by atoms with E-state index in [0.717, 1.165) is 30.5 Å². The smallest absolute Gasteiger partial charge is 0.253 e. The number of fused-ring (bicyclic) bond motifs is 1. The molecule has 2 fully saturated rings. The van der Waals surface area contributed by atoms with Crippen LogP contribution < -0.4 is 0 Å².